The van der Waals surface area contributed by atoms with Crippen LogP contribution in [0.1, 0.15) is 29.3 Å². The van der Waals surface area contributed by atoms with Gasteiger partial charge < -0.3 is 9.64 Å². The second kappa shape index (κ2) is 7.37. The molecular formula is C14H18N2O5. The lowest BCUT2D eigenvalue weighted by Crippen LogP contribution is -2.30. The highest BCUT2D eigenvalue weighted by Gasteiger charge is 2.25. The van der Waals surface area contributed by atoms with Crippen molar-refractivity contribution in [2.75, 3.05) is 20.2 Å². The first-order valence-electron chi connectivity index (χ1n) is 6.53. The van der Waals surface area contributed by atoms with Gasteiger partial charge in [-0.2, -0.15) is 0 Å². The van der Waals surface area contributed by atoms with Gasteiger partial charge in [-0.05, 0) is 19.4 Å². The van der Waals surface area contributed by atoms with Crippen molar-refractivity contribution in [3.63, 3.8) is 0 Å². The monoisotopic (exact) mass is 294 g/mol. The molecular weight excluding hydrogens is 276 g/mol. The number of aryl methyl sites for hydroxylation is 1. The first-order valence-corrected chi connectivity index (χ1v) is 6.53. The third-order valence-corrected chi connectivity index (χ3v) is 2.96. The maximum atomic E-state index is 12.3. The van der Waals surface area contributed by atoms with Crippen LogP contribution in [0, 0.1) is 17.0 Å². The van der Waals surface area contributed by atoms with Gasteiger partial charge in [0, 0.05) is 19.7 Å². The minimum absolute atomic E-state index is 0.0499. The van der Waals surface area contributed by atoms with E-state index in [0.29, 0.717) is 5.56 Å². The summed E-state index contributed by atoms with van der Waals surface area (Å²) in [6, 6.07) is 4.46. The number of hydrogen-bond donors (Lipinski definition) is 0. The number of esters is 1. The molecule has 0 atom stereocenters. The van der Waals surface area contributed by atoms with Gasteiger partial charge in [0.05, 0.1) is 18.0 Å². The van der Waals surface area contributed by atoms with E-state index >= 15 is 0 Å². The van der Waals surface area contributed by atoms with Crippen LogP contribution < -0.4 is 0 Å². The summed E-state index contributed by atoms with van der Waals surface area (Å²) < 4.78 is 4.78. The third-order valence-electron chi connectivity index (χ3n) is 2.96. The van der Waals surface area contributed by atoms with Crippen molar-refractivity contribution in [1.82, 2.24) is 4.90 Å². The Labute approximate surface area is 122 Å². The number of hydrogen-bond acceptors (Lipinski definition) is 5. The smallest absolute Gasteiger partial charge is 0.307 e. The predicted molar refractivity (Wildman–Crippen MR) is 76.0 cm³/mol. The van der Waals surface area contributed by atoms with Gasteiger partial charge in [-0.25, -0.2) is 0 Å². The summed E-state index contributed by atoms with van der Waals surface area (Å²) >= 11 is 0. The van der Waals surface area contributed by atoms with Crippen molar-refractivity contribution in [1.29, 1.82) is 0 Å². The van der Waals surface area contributed by atoms with Crippen molar-refractivity contribution in [2.24, 2.45) is 0 Å². The second-order valence-corrected chi connectivity index (χ2v) is 4.51. The number of carbonyl (C=O) groups excluding carboxylic acids is 2. The lowest BCUT2D eigenvalue weighted by Gasteiger charge is -2.17. The van der Waals surface area contributed by atoms with Crippen molar-refractivity contribution >= 4 is 17.6 Å². The van der Waals surface area contributed by atoms with Crippen LogP contribution in [0.25, 0.3) is 0 Å². The SMILES string of the molecule is CCOC(=O)CCN(C)C(=O)c1c(C)cccc1[N+](=O)[O-]. The number of nitro benzene ring substituents is 1. The van der Waals surface area contributed by atoms with Crippen LogP contribution in [-0.4, -0.2) is 41.9 Å². The van der Waals surface area contributed by atoms with Crippen LogP contribution in [0.3, 0.4) is 0 Å². The first kappa shape index (κ1) is 16.6. The minimum atomic E-state index is -0.584. The Balaban J connectivity index is 2.88. The van der Waals surface area contributed by atoms with E-state index in [1.54, 1.807) is 19.9 Å². The van der Waals surface area contributed by atoms with Gasteiger partial charge in [0.2, 0.25) is 0 Å². The van der Waals surface area contributed by atoms with Gasteiger partial charge in [-0.3, -0.25) is 19.7 Å². The van der Waals surface area contributed by atoms with Crippen LogP contribution in [0.4, 0.5) is 5.69 Å². The van der Waals surface area contributed by atoms with Crippen LogP contribution >= 0.6 is 0 Å². The average Bonchev–Trinajstić information content (AvgIpc) is 2.44. The molecule has 0 saturated heterocycles. The molecule has 7 nitrogen and oxygen atoms in total. The Kier molecular flexibility index (Phi) is 5.83. The van der Waals surface area contributed by atoms with E-state index < -0.39 is 16.8 Å². The third kappa shape index (κ3) is 4.27. The van der Waals surface area contributed by atoms with Gasteiger partial charge >= 0.3 is 5.97 Å². The Morgan fingerprint density at radius 3 is 2.62 bits per heavy atom. The summed E-state index contributed by atoms with van der Waals surface area (Å²) in [5, 5.41) is 11.0. The Morgan fingerprint density at radius 2 is 2.05 bits per heavy atom. The fourth-order valence-electron chi connectivity index (χ4n) is 1.87. The highest BCUT2D eigenvalue weighted by Crippen LogP contribution is 2.23. The zero-order chi connectivity index (χ0) is 16.0. The quantitative estimate of drug-likeness (QED) is 0.454. The molecule has 0 aliphatic heterocycles. The van der Waals surface area contributed by atoms with Gasteiger partial charge in [0.15, 0.2) is 0 Å². The van der Waals surface area contributed by atoms with Crippen molar-refractivity contribution < 1.29 is 19.2 Å². The van der Waals surface area contributed by atoms with Gasteiger partial charge in [-0.1, -0.05) is 12.1 Å². The fraction of sp³-hybridized carbons (Fsp3) is 0.429. The summed E-state index contributed by atoms with van der Waals surface area (Å²) in [6.07, 6.45) is 0.0513. The van der Waals surface area contributed by atoms with Crippen molar-refractivity contribution in [3.05, 3.63) is 39.4 Å². The molecule has 1 rings (SSSR count). The number of rotatable bonds is 6. The number of amides is 1. The normalized spacial score (nSPS) is 10.0. The molecule has 0 aliphatic carbocycles. The first-order chi connectivity index (χ1) is 9.88. The number of nitrogens with zero attached hydrogens (tertiary/aromatic N) is 2. The van der Waals surface area contributed by atoms with Crippen LogP contribution in [0.2, 0.25) is 0 Å². The van der Waals surface area contributed by atoms with Gasteiger partial charge in [0.1, 0.15) is 5.56 Å². The lowest BCUT2D eigenvalue weighted by molar-refractivity contribution is -0.385. The Morgan fingerprint density at radius 1 is 1.38 bits per heavy atom. The number of ether oxygens (including phenoxy) is 1. The largest absolute Gasteiger partial charge is 0.466 e. The molecule has 0 bridgehead atoms. The maximum Gasteiger partial charge on any atom is 0.307 e. The molecule has 1 aromatic carbocycles. The van der Waals surface area contributed by atoms with Gasteiger partial charge in [-0.15, -0.1) is 0 Å². The molecule has 7 heteroatoms. The molecule has 114 valence electrons. The number of carbonyl (C=O) groups is 2. The summed E-state index contributed by atoms with van der Waals surface area (Å²) in [4.78, 5) is 35.3. The minimum Gasteiger partial charge on any atom is -0.466 e. The van der Waals surface area contributed by atoms with E-state index in [1.807, 2.05) is 0 Å². The van der Waals surface area contributed by atoms with E-state index in [4.69, 9.17) is 4.74 Å². The summed E-state index contributed by atoms with van der Waals surface area (Å²) in [7, 11) is 1.50. The fourth-order valence-corrected chi connectivity index (χ4v) is 1.87. The van der Waals surface area contributed by atoms with Crippen molar-refractivity contribution in [2.45, 2.75) is 20.3 Å². The highest BCUT2D eigenvalue weighted by molar-refractivity contribution is 5.99. The molecule has 0 radical (unpaired) electrons. The number of nitro groups is 1. The maximum absolute atomic E-state index is 12.3. The summed E-state index contributed by atoms with van der Waals surface area (Å²) in [5.41, 5.74) is 0.342. The molecule has 21 heavy (non-hydrogen) atoms. The summed E-state index contributed by atoms with van der Waals surface area (Å²) in [6.45, 7) is 3.76. The van der Waals surface area contributed by atoms with E-state index in [9.17, 15) is 19.7 Å². The van der Waals surface area contributed by atoms with Crippen LogP contribution in [0.15, 0.2) is 18.2 Å². The summed E-state index contributed by atoms with van der Waals surface area (Å²) in [5.74, 6) is -0.888. The zero-order valence-electron chi connectivity index (χ0n) is 12.3. The molecule has 0 aliphatic rings. The number of benzene rings is 1. The van der Waals surface area contributed by atoms with Crippen LogP contribution in [0.5, 0.6) is 0 Å². The molecule has 1 aromatic rings. The predicted octanol–water partition coefficient (Wildman–Crippen LogP) is 1.93. The molecule has 0 fully saturated rings. The Bertz CT molecular complexity index is 556. The second-order valence-electron chi connectivity index (χ2n) is 4.51. The molecule has 0 spiro atoms. The van der Waals surface area contributed by atoms with E-state index in [1.165, 1.54) is 24.1 Å². The van der Waals surface area contributed by atoms with E-state index in [0.717, 1.165) is 0 Å². The lowest BCUT2D eigenvalue weighted by atomic mass is 10.1. The topological polar surface area (TPSA) is 89.8 Å². The van der Waals surface area contributed by atoms with E-state index in [-0.39, 0.29) is 30.8 Å². The molecule has 0 unspecified atom stereocenters. The molecule has 0 heterocycles. The van der Waals surface area contributed by atoms with Crippen molar-refractivity contribution in [3.8, 4) is 0 Å². The van der Waals surface area contributed by atoms with E-state index in [2.05, 4.69) is 0 Å². The average molecular weight is 294 g/mol. The van der Waals surface area contributed by atoms with Gasteiger partial charge in [0.25, 0.3) is 11.6 Å². The Hall–Kier alpha value is -2.44. The molecule has 0 saturated carbocycles. The van der Waals surface area contributed by atoms with Crippen LogP contribution in [-0.2, 0) is 9.53 Å². The molecule has 0 N–H and O–H groups in total. The molecule has 1 amide bonds. The molecule has 0 aromatic heterocycles. The highest BCUT2D eigenvalue weighted by atomic mass is 16.6. The zero-order valence-corrected chi connectivity index (χ0v) is 12.3. The standard InChI is InChI=1S/C14H18N2O5/c1-4-21-12(17)8-9-15(3)14(18)13-10(2)6-5-7-11(13)16(19)20/h5-7H,4,8-9H2,1-3H3.